The van der Waals surface area contributed by atoms with Crippen LogP contribution in [0.25, 0.3) is 0 Å². The van der Waals surface area contributed by atoms with Crippen LogP contribution in [-0.2, 0) is 19.7 Å². The predicted octanol–water partition coefficient (Wildman–Crippen LogP) is 7.06. The Morgan fingerprint density at radius 3 is 2.34 bits per heavy atom. The Morgan fingerprint density at radius 1 is 0.931 bits per heavy atom. The van der Waals surface area contributed by atoms with Crippen LogP contribution in [0.1, 0.15) is 16.7 Å². The molecule has 0 bridgehead atoms. The maximum atomic E-state index is 6.23. The summed E-state index contributed by atoms with van der Waals surface area (Å²) in [4.78, 5) is 0. The van der Waals surface area contributed by atoms with Gasteiger partial charge in [-0.2, -0.15) is 0 Å². The Morgan fingerprint density at radius 2 is 1.66 bits per heavy atom. The van der Waals surface area contributed by atoms with Gasteiger partial charge < -0.3 is 14.8 Å². The number of hydrogen-bond acceptors (Lipinski definition) is 3. The minimum Gasteiger partial charge on any atom is -0.493 e. The van der Waals surface area contributed by atoms with Crippen molar-refractivity contribution in [1.82, 2.24) is 5.32 Å². The first-order chi connectivity index (χ1) is 13.6. The molecule has 3 aromatic rings. The van der Waals surface area contributed by atoms with E-state index in [4.69, 9.17) is 32.7 Å². The lowest BCUT2D eigenvalue weighted by Gasteiger charge is -2.15. The number of methoxy groups -OCH3 is 1. The van der Waals surface area contributed by atoms with E-state index in [0.29, 0.717) is 34.7 Å². The van der Waals surface area contributed by atoms with Gasteiger partial charge in [0, 0.05) is 28.7 Å². The molecule has 154 valence electrons. The molecule has 0 amide bonds. The lowest BCUT2D eigenvalue weighted by molar-refractivity contribution is 0.282. The number of rotatable bonds is 8. The predicted molar refractivity (Wildman–Crippen MR) is 126 cm³/mol. The number of ether oxygens (including phenoxy) is 2. The van der Waals surface area contributed by atoms with E-state index in [1.165, 1.54) is 5.56 Å². The molecule has 0 heterocycles. The molecule has 1 N–H and O–H groups in total. The van der Waals surface area contributed by atoms with Crippen molar-refractivity contribution in [2.75, 3.05) is 7.11 Å². The first-order valence-electron chi connectivity index (χ1n) is 8.74. The highest BCUT2D eigenvalue weighted by Crippen LogP contribution is 2.37. The van der Waals surface area contributed by atoms with E-state index < -0.39 is 0 Å². The molecule has 0 saturated carbocycles. The van der Waals surface area contributed by atoms with Gasteiger partial charge in [-0.25, -0.2) is 0 Å². The van der Waals surface area contributed by atoms with Gasteiger partial charge >= 0.3 is 0 Å². The van der Waals surface area contributed by atoms with E-state index in [2.05, 4.69) is 33.4 Å². The molecule has 0 fully saturated rings. The molecule has 29 heavy (non-hydrogen) atoms. The van der Waals surface area contributed by atoms with Gasteiger partial charge in [-0.05, 0) is 51.3 Å². The summed E-state index contributed by atoms with van der Waals surface area (Å²) < 4.78 is 12.3. The van der Waals surface area contributed by atoms with E-state index in [9.17, 15) is 0 Å². The summed E-state index contributed by atoms with van der Waals surface area (Å²) in [6, 6.07) is 19.6. The second-order valence-electron chi connectivity index (χ2n) is 6.22. The van der Waals surface area contributed by atoms with Crippen LogP contribution in [0, 0.1) is 0 Å². The molecule has 0 unspecified atom stereocenters. The van der Waals surface area contributed by atoms with E-state index in [0.717, 1.165) is 22.1 Å². The van der Waals surface area contributed by atoms with Crippen LogP contribution < -0.4 is 14.8 Å². The summed E-state index contributed by atoms with van der Waals surface area (Å²) >= 11 is 15.8. The van der Waals surface area contributed by atoms with Gasteiger partial charge in [0.1, 0.15) is 6.61 Å². The van der Waals surface area contributed by atoms with Crippen LogP contribution in [0.15, 0.2) is 65.1 Å². The highest BCUT2D eigenvalue weighted by Gasteiger charge is 2.13. The van der Waals surface area contributed by atoms with Crippen LogP contribution in [0.4, 0.5) is 0 Å². The minimum absolute atomic E-state index is 0. The molecule has 0 atom stereocenters. The molecule has 0 spiro atoms. The van der Waals surface area contributed by atoms with Gasteiger partial charge in [0.25, 0.3) is 0 Å². The normalized spacial score (nSPS) is 10.3. The molecule has 3 aromatic carbocycles. The van der Waals surface area contributed by atoms with E-state index in [-0.39, 0.29) is 12.4 Å². The maximum absolute atomic E-state index is 6.23. The highest BCUT2D eigenvalue weighted by molar-refractivity contribution is 9.10. The van der Waals surface area contributed by atoms with Crippen molar-refractivity contribution in [3.05, 3.63) is 91.9 Å². The third-order valence-electron chi connectivity index (χ3n) is 4.18. The molecule has 7 heteroatoms. The van der Waals surface area contributed by atoms with Crippen molar-refractivity contribution in [2.45, 2.75) is 19.7 Å². The van der Waals surface area contributed by atoms with E-state index >= 15 is 0 Å². The monoisotopic (exact) mass is 515 g/mol. The fourth-order valence-electron chi connectivity index (χ4n) is 2.75. The fourth-order valence-corrected chi connectivity index (χ4v) is 3.82. The molecule has 0 radical (unpaired) electrons. The van der Waals surface area contributed by atoms with Crippen molar-refractivity contribution in [3.8, 4) is 11.5 Å². The van der Waals surface area contributed by atoms with Gasteiger partial charge in [-0.1, -0.05) is 59.6 Å². The number of halogens is 4. The zero-order valence-corrected chi connectivity index (χ0v) is 19.7. The highest BCUT2D eigenvalue weighted by atomic mass is 79.9. The number of benzene rings is 3. The van der Waals surface area contributed by atoms with Crippen LogP contribution in [0.2, 0.25) is 10.0 Å². The SMILES string of the molecule is COc1cc(CNCc2ccccc2)cc(Br)c1OCc1ccc(Cl)cc1Cl.Cl. The molecule has 3 nitrogen and oxygen atoms in total. The summed E-state index contributed by atoms with van der Waals surface area (Å²) in [5.74, 6) is 1.30. The van der Waals surface area contributed by atoms with Crippen LogP contribution >= 0.6 is 51.5 Å². The molecule has 0 aliphatic carbocycles. The van der Waals surface area contributed by atoms with Crippen molar-refractivity contribution in [2.24, 2.45) is 0 Å². The molecule has 0 aromatic heterocycles. The van der Waals surface area contributed by atoms with Crippen molar-refractivity contribution in [1.29, 1.82) is 0 Å². The Balaban J connectivity index is 0.00000300. The average molecular weight is 518 g/mol. The molecule has 0 saturated heterocycles. The molecular formula is C22H21BrCl3NO2. The summed E-state index contributed by atoms with van der Waals surface area (Å²) in [6.07, 6.45) is 0. The summed E-state index contributed by atoms with van der Waals surface area (Å²) in [5.41, 5.74) is 3.19. The smallest absolute Gasteiger partial charge is 0.175 e. The van der Waals surface area contributed by atoms with Gasteiger partial charge in [-0.15, -0.1) is 12.4 Å². The largest absolute Gasteiger partial charge is 0.493 e. The van der Waals surface area contributed by atoms with Gasteiger partial charge in [-0.3, -0.25) is 0 Å². The van der Waals surface area contributed by atoms with Crippen molar-refractivity contribution >= 4 is 51.5 Å². The minimum atomic E-state index is 0. The molecule has 0 aliphatic heterocycles. The van der Waals surface area contributed by atoms with Crippen molar-refractivity contribution < 1.29 is 9.47 Å². The standard InChI is InChI=1S/C22H20BrCl2NO2.ClH/c1-27-21-10-16(13-26-12-15-5-3-2-4-6-15)9-19(23)22(21)28-14-17-7-8-18(24)11-20(17)25;/h2-11,26H,12-14H2,1H3;1H. The van der Waals surface area contributed by atoms with Gasteiger partial charge in [0.15, 0.2) is 11.5 Å². The lowest BCUT2D eigenvalue weighted by Crippen LogP contribution is -2.12. The second kappa shape index (κ2) is 11.7. The summed E-state index contributed by atoms with van der Waals surface area (Å²) in [7, 11) is 1.63. The van der Waals surface area contributed by atoms with Gasteiger partial charge in [0.05, 0.1) is 11.6 Å². The fraction of sp³-hybridized carbons (Fsp3) is 0.182. The first kappa shape index (κ1) is 23.8. The summed E-state index contributed by atoms with van der Waals surface area (Å²) in [5, 5.41) is 4.61. The molecule has 0 aliphatic rings. The van der Waals surface area contributed by atoms with Crippen LogP contribution in [0.5, 0.6) is 11.5 Å². The van der Waals surface area contributed by atoms with Crippen LogP contribution in [0.3, 0.4) is 0 Å². The third kappa shape index (κ3) is 6.80. The molecule has 3 rings (SSSR count). The Hall–Kier alpha value is -1.43. The maximum Gasteiger partial charge on any atom is 0.175 e. The Bertz CT molecular complexity index is 939. The first-order valence-corrected chi connectivity index (χ1v) is 10.3. The Labute approximate surface area is 195 Å². The quantitative estimate of drug-likeness (QED) is 0.347. The zero-order valence-electron chi connectivity index (χ0n) is 15.8. The topological polar surface area (TPSA) is 30.5 Å². The zero-order chi connectivity index (χ0) is 19.9. The number of hydrogen-bond donors (Lipinski definition) is 1. The number of nitrogens with one attached hydrogen (secondary N) is 1. The van der Waals surface area contributed by atoms with Crippen molar-refractivity contribution in [3.63, 3.8) is 0 Å². The van der Waals surface area contributed by atoms with E-state index in [1.807, 2.05) is 36.4 Å². The molecular weight excluding hydrogens is 497 g/mol. The Kier molecular flexibility index (Phi) is 9.60. The van der Waals surface area contributed by atoms with Crippen LogP contribution in [-0.4, -0.2) is 7.11 Å². The third-order valence-corrected chi connectivity index (χ3v) is 5.35. The second-order valence-corrected chi connectivity index (χ2v) is 7.92. The average Bonchev–Trinajstić information content (AvgIpc) is 2.69. The lowest BCUT2D eigenvalue weighted by atomic mass is 10.2. The van der Waals surface area contributed by atoms with Gasteiger partial charge in [0.2, 0.25) is 0 Å². The summed E-state index contributed by atoms with van der Waals surface area (Å²) in [6.45, 7) is 1.83. The van der Waals surface area contributed by atoms with E-state index in [1.54, 1.807) is 19.2 Å².